The van der Waals surface area contributed by atoms with Crippen LogP contribution in [0.15, 0.2) is 52.3 Å². The van der Waals surface area contributed by atoms with E-state index in [1.807, 2.05) is 0 Å². The van der Waals surface area contributed by atoms with Gasteiger partial charge in [-0.2, -0.15) is 8.61 Å². The maximum atomic E-state index is 13.0. The highest BCUT2D eigenvalue weighted by Gasteiger charge is 2.28. The molecule has 0 aromatic heterocycles. The third kappa shape index (κ3) is 5.31. The van der Waals surface area contributed by atoms with Gasteiger partial charge in [0.25, 0.3) is 5.91 Å². The summed E-state index contributed by atoms with van der Waals surface area (Å²) in [4.78, 5) is 13.1. The third-order valence-corrected chi connectivity index (χ3v) is 10.3. The third-order valence-electron chi connectivity index (χ3n) is 6.18. The van der Waals surface area contributed by atoms with Gasteiger partial charge in [-0.25, -0.2) is 16.8 Å². The van der Waals surface area contributed by atoms with Crippen molar-refractivity contribution in [3.8, 4) is 0 Å². The SMILES string of the molecule is O=C(Nc1cccc(S(=O)(=O)N2CCCCC2)c1)c1cc(S(=O)(=O)N2CCCCC2)ccc1Cl. The van der Waals surface area contributed by atoms with E-state index in [1.54, 1.807) is 12.1 Å². The van der Waals surface area contributed by atoms with Gasteiger partial charge in [-0.3, -0.25) is 4.79 Å². The lowest BCUT2D eigenvalue weighted by atomic mass is 10.2. The van der Waals surface area contributed by atoms with E-state index in [4.69, 9.17) is 11.6 Å². The molecule has 0 spiro atoms. The van der Waals surface area contributed by atoms with Crippen molar-refractivity contribution in [3.63, 3.8) is 0 Å². The zero-order valence-electron chi connectivity index (χ0n) is 18.7. The highest BCUT2D eigenvalue weighted by molar-refractivity contribution is 7.89. The first-order chi connectivity index (χ1) is 16.2. The zero-order valence-corrected chi connectivity index (χ0v) is 21.1. The predicted octanol–water partition coefficient (Wildman–Crippen LogP) is 3.94. The molecule has 2 aliphatic heterocycles. The Morgan fingerprint density at radius 1 is 0.735 bits per heavy atom. The Balaban J connectivity index is 1.56. The topological polar surface area (TPSA) is 104 Å². The highest BCUT2D eigenvalue weighted by Crippen LogP contribution is 2.27. The lowest BCUT2D eigenvalue weighted by molar-refractivity contribution is 0.102. The fourth-order valence-electron chi connectivity index (χ4n) is 4.28. The van der Waals surface area contributed by atoms with Crippen LogP contribution in [0, 0.1) is 0 Å². The van der Waals surface area contributed by atoms with Gasteiger partial charge in [0.1, 0.15) is 0 Å². The summed E-state index contributed by atoms with van der Waals surface area (Å²) in [7, 11) is -7.40. The number of amides is 1. The predicted molar refractivity (Wildman–Crippen MR) is 131 cm³/mol. The van der Waals surface area contributed by atoms with Crippen LogP contribution in [0.3, 0.4) is 0 Å². The summed E-state index contributed by atoms with van der Waals surface area (Å²) < 4.78 is 54.9. The van der Waals surface area contributed by atoms with Crippen molar-refractivity contribution in [2.45, 2.75) is 48.3 Å². The second kappa shape index (κ2) is 10.3. The van der Waals surface area contributed by atoms with Crippen molar-refractivity contribution in [3.05, 3.63) is 53.1 Å². The van der Waals surface area contributed by atoms with Crippen molar-refractivity contribution >= 4 is 43.2 Å². The Morgan fingerprint density at radius 2 is 1.26 bits per heavy atom. The quantitative estimate of drug-likeness (QED) is 0.615. The molecule has 0 saturated carbocycles. The zero-order chi connectivity index (χ0) is 24.3. The summed E-state index contributed by atoms with van der Waals surface area (Å²) in [6, 6.07) is 10.1. The van der Waals surface area contributed by atoms with Crippen LogP contribution >= 0.6 is 11.6 Å². The molecule has 8 nitrogen and oxygen atoms in total. The molecule has 0 unspecified atom stereocenters. The average molecular weight is 526 g/mol. The van der Waals surface area contributed by atoms with E-state index in [0.29, 0.717) is 26.2 Å². The van der Waals surface area contributed by atoms with Crippen LogP contribution < -0.4 is 5.32 Å². The molecule has 2 aromatic rings. The number of hydrogen-bond acceptors (Lipinski definition) is 5. The summed E-state index contributed by atoms with van der Waals surface area (Å²) in [6.45, 7) is 1.86. The van der Waals surface area contributed by atoms with E-state index in [2.05, 4.69) is 5.32 Å². The summed E-state index contributed by atoms with van der Waals surface area (Å²) >= 11 is 6.23. The van der Waals surface area contributed by atoms with Crippen LogP contribution in [0.2, 0.25) is 5.02 Å². The van der Waals surface area contributed by atoms with Crippen molar-refractivity contribution in [2.75, 3.05) is 31.5 Å². The number of rotatable bonds is 6. The average Bonchev–Trinajstić information content (AvgIpc) is 2.85. The second-order valence-corrected chi connectivity index (χ2v) is 12.8. The van der Waals surface area contributed by atoms with Gasteiger partial charge in [-0.1, -0.05) is 30.5 Å². The molecule has 11 heteroatoms. The fraction of sp³-hybridized carbons (Fsp3) is 0.435. The Morgan fingerprint density at radius 3 is 1.82 bits per heavy atom. The molecular formula is C23H28ClN3O5S2. The normalized spacial score (nSPS) is 18.5. The first kappa shape index (κ1) is 25.1. The number of carbonyl (C=O) groups excluding carboxylic acids is 1. The Labute approximate surface area is 206 Å². The van der Waals surface area contributed by atoms with Gasteiger partial charge in [-0.05, 0) is 62.1 Å². The maximum Gasteiger partial charge on any atom is 0.257 e. The molecule has 4 rings (SSSR count). The van der Waals surface area contributed by atoms with Crippen molar-refractivity contribution in [1.82, 2.24) is 8.61 Å². The molecule has 0 bridgehead atoms. The molecule has 2 fully saturated rings. The lowest BCUT2D eigenvalue weighted by Gasteiger charge is -2.26. The minimum atomic E-state index is -3.74. The first-order valence-electron chi connectivity index (χ1n) is 11.4. The number of nitrogens with zero attached hydrogens (tertiary/aromatic N) is 2. The van der Waals surface area contributed by atoms with Gasteiger partial charge in [0.15, 0.2) is 0 Å². The van der Waals surface area contributed by atoms with E-state index in [0.717, 1.165) is 38.5 Å². The summed E-state index contributed by atoms with van der Waals surface area (Å²) in [5.41, 5.74) is 0.285. The van der Waals surface area contributed by atoms with Gasteiger partial charge in [0.05, 0.1) is 20.4 Å². The Hall–Kier alpha value is -1.98. The molecule has 2 saturated heterocycles. The lowest BCUT2D eigenvalue weighted by Crippen LogP contribution is -2.35. The summed E-state index contributed by atoms with van der Waals surface area (Å²) in [5.74, 6) is -0.617. The highest BCUT2D eigenvalue weighted by atomic mass is 35.5. The molecule has 184 valence electrons. The van der Waals surface area contributed by atoms with Gasteiger partial charge in [0.2, 0.25) is 20.0 Å². The largest absolute Gasteiger partial charge is 0.322 e. The number of sulfonamides is 2. The standard InChI is InChI=1S/C23H28ClN3O5S2/c24-22-11-10-20(34(31,32)27-14-5-2-6-15-27)17-21(22)23(28)25-18-8-7-9-19(16-18)33(29,30)26-12-3-1-4-13-26/h7-11,16-17H,1-6,12-15H2,(H,25,28). The monoisotopic (exact) mass is 525 g/mol. The molecule has 0 radical (unpaired) electrons. The van der Waals surface area contributed by atoms with E-state index in [9.17, 15) is 21.6 Å². The number of piperidine rings is 2. The van der Waals surface area contributed by atoms with Crippen LogP contribution in [0.25, 0.3) is 0 Å². The molecule has 1 amide bonds. The van der Waals surface area contributed by atoms with Gasteiger partial charge in [0, 0.05) is 31.9 Å². The number of anilines is 1. The van der Waals surface area contributed by atoms with Crippen LogP contribution in [0.5, 0.6) is 0 Å². The molecule has 2 aliphatic rings. The molecule has 0 aliphatic carbocycles. The first-order valence-corrected chi connectivity index (χ1v) is 14.7. The van der Waals surface area contributed by atoms with Crippen LogP contribution in [0.4, 0.5) is 5.69 Å². The fourth-order valence-corrected chi connectivity index (χ4v) is 7.59. The Kier molecular flexibility index (Phi) is 7.63. The van der Waals surface area contributed by atoms with Gasteiger partial charge in [-0.15, -0.1) is 0 Å². The number of benzene rings is 2. The molecule has 34 heavy (non-hydrogen) atoms. The molecular weight excluding hydrogens is 498 g/mol. The molecule has 2 aromatic carbocycles. The van der Waals surface area contributed by atoms with E-state index < -0.39 is 26.0 Å². The van der Waals surface area contributed by atoms with Crippen LogP contribution in [0.1, 0.15) is 48.9 Å². The van der Waals surface area contributed by atoms with Crippen molar-refractivity contribution in [2.24, 2.45) is 0 Å². The van der Waals surface area contributed by atoms with E-state index >= 15 is 0 Å². The molecule has 1 N–H and O–H groups in total. The van der Waals surface area contributed by atoms with E-state index in [1.165, 1.54) is 38.9 Å². The van der Waals surface area contributed by atoms with Crippen LogP contribution in [-0.4, -0.2) is 57.5 Å². The van der Waals surface area contributed by atoms with Crippen molar-refractivity contribution in [1.29, 1.82) is 0 Å². The molecule has 2 heterocycles. The van der Waals surface area contributed by atoms with Crippen molar-refractivity contribution < 1.29 is 21.6 Å². The van der Waals surface area contributed by atoms with Crippen LogP contribution in [-0.2, 0) is 20.0 Å². The number of carbonyl (C=O) groups is 1. The number of nitrogens with one attached hydrogen (secondary N) is 1. The van der Waals surface area contributed by atoms with E-state index in [-0.39, 0.29) is 26.1 Å². The maximum absolute atomic E-state index is 13.0. The summed E-state index contributed by atoms with van der Waals surface area (Å²) in [5, 5.41) is 2.76. The number of halogens is 1. The summed E-state index contributed by atoms with van der Waals surface area (Å²) in [6.07, 6.45) is 5.26. The van der Waals surface area contributed by atoms with Gasteiger partial charge >= 0.3 is 0 Å². The number of hydrogen-bond donors (Lipinski definition) is 1. The molecule has 0 atom stereocenters. The Bertz CT molecular complexity index is 1270. The minimum absolute atomic E-state index is 0.00374. The minimum Gasteiger partial charge on any atom is -0.322 e. The smallest absolute Gasteiger partial charge is 0.257 e. The second-order valence-electron chi connectivity index (χ2n) is 8.55. The van der Waals surface area contributed by atoms with Gasteiger partial charge < -0.3 is 5.32 Å².